The number of hydrogen-bond donors (Lipinski definition) is 0. The molecular weight excluding hydrogens is 1370 g/mol. The molecule has 0 fully saturated rings. The summed E-state index contributed by atoms with van der Waals surface area (Å²) in [6.45, 7) is 0. The minimum absolute atomic E-state index is 0.513. The number of aromatic nitrogens is 10. The number of hydrogen-bond acceptors (Lipinski definition) is 6. The molecule has 16 aromatic carbocycles. The molecule has 0 radical (unpaired) electrons. The molecule has 0 N–H and O–H groups in total. The fraction of sp³-hybridized carbons (Fsp3) is 0. The molecule has 0 bridgehead atoms. The normalized spacial score (nSPS) is 11.8. The maximum atomic E-state index is 5.64. The van der Waals surface area contributed by atoms with Gasteiger partial charge in [0.2, 0.25) is 11.9 Å². The summed E-state index contributed by atoms with van der Waals surface area (Å²) in [5.41, 5.74) is 24.9. The molecule has 10 heteroatoms. The molecule has 10 nitrogen and oxygen atoms in total. The van der Waals surface area contributed by atoms with Gasteiger partial charge >= 0.3 is 0 Å². The monoisotopic (exact) mass is 1430 g/mol. The van der Waals surface area contributed by atoms with Crippen molar-refractivity contribution < 1.29 is 0 Å². The molecule has 0 spiro atoms. The molecule has 0 aliphatic heterocycles. The Kier molecular flexibility index (Phi) is 15.0. The van der Waals surface area contributed by atoms with Crippen LogP contribution in [0.3, 0.4) is 0 Å². The summed E-state index contributed by atoms with van der Waals surface area (Å²) in [5.74, 6) is 3.35. The molecule has 0 saturated carbocycles. The van der Waals surface area contributed by atoms with E-state index in [1.165, 1.54) is 11.1 Å². The van der Waals surface area contributed by atoms with Gasteiger partial charge in [-0.2, -0.15) is 19.9 Å². The fourth-order valence-corrected chi connectivity index (χ4v) is 17.1. The molecule has 6 aromatic heterocycles. The summed E-state index contributed by atoms with van der Waals surface area (Å²) >= 11 is 0. The summed E-state index contributed by atoms with van der Waals surface area (Å²) in [6, 6.07) is 138. The average molecular weight is 1430 g/mol. The van der Waals surface area contributed by atoms with Gasteiger partial charge in [0.05, 0.1) is 55.5 Å². The Morgan fingerprint density at radius 3 is 0.884 bits per heavy atom. The van der Waals surface area contributed by atoms with Gasteiger partial charge in [-0.25, -0.2) is 9.97 Å². The first kappa shape index (κ1) is 64.0. The second-order valence-corrected chi connectivity index (χ2v) is 28.5. The van der Waals surface area contributed by atoms with Gasteiger partial charge < -0.3 is 9.13 Å². The van der Waals surface area contributed by atoms with E-state index in [1.54, 1.807) is 0 Å². The van der Waals surface area contributed by atoms with Crippen molar-refractivity contribution in [2.24, 2.45) is 0 Å². The van der Waals surface area contributed by atoms with Gasteiger partial charge in [-0.1, -0.05) is 340 Å². The van der Waals surface area contributed by atoms with Crippen LogP contribution in [0.1, 0.15) is 0 Å². The van der Waals surface area contributed by atoms with Gasteiger partial charge in [-0.3, -0.25) is 9.13 Å². The van der Waals surface area contributed by atoms with Gasteiger partial charge in [-0.05, 0) is 93.0 Å². The van der Waals surface area contributed by atoms with E-state index in [4.69, 9.17) is 29.9 Å². The van der Waals surface area contributed by atoms with Crippen molar-refractivity contribution in [2.75, 3.05) is 0 Å². The highest BCUT2D eigenvalue weighted by Gasteiger charge is 2.28. The van der Waals surface area contributed by atoms with E-state index >= 15 is 0 Å². The second kappa shape index (κ2) is 26.3. The zero-order valence-electron chi connectivity index (χ0n) is 60.4. The van der Waals surface area contributed by atoms with Crippen molar-refractivity contribution in [3.63, 3.8) is 0 Å². The van der Waals surface area contributed by atoms with E-state index in [2.05, 4.69) is 352 Å². The largest absolute Gasteiger partial charge is 0.307 e. The summed E-state index contributed by atoms with van der Waals surface area (Å²) in [7, 11) is 0. The van der Waals surface area contributed by atoms with E-state index in [1.807, 2.05) is 54.6 Å². The quantitative estimate of drug-likeness (QED) is 0.114. The minimum Gasteiger partial charge on any atom is -0.307 e. The maximum Gasteiger partial charge on any atom is 0.238 e. The van der Waals surface area contributed by atoms with Crippen LogP contribution in [0.25, 0.3) is 212 Å². The lowest BCUT2D eigenvalue weighted by molar-refractivity contribution is 0.953. The van der Waals surface area contributed by atoms with Crippen LogP contribution < -0.4 is 0 Å². The SMILES string of the molecule is c1ccc(-c2ccc(-c3ccccc3-n3c4ccccc4c4ccc5c6ccccc6n(-c6nc(-c7ccccc7)nc(-c7cccc(-c8cccc(-c9ccccc9-c9ccccc9-n9c%10ccccc%10c%10ccc%11c%12ccccc%12n(-c%12nc(-c%13ccccc%13)nc(-c%13ccccc%13)n%12)c%11c%109)c8)c7)n6)c5c43)cc2)cc1. The number of nitrogens with zero attached hydrogens (tertiary/aromatic N) is 10. The Morgan fingerprint density at radius 1 is 0.152 bits per heavy atom. The first-order valence-electron chi connectivity index (χ1n) is 37.8. The second-order valence-electron chi connectivity index (χ2n) is 28.5. The standard InChI is InChI=1S/C102H64N10/c1-5-29-65(30-6-1)66-55-57-67(58-56-66)76-42-15-21-49-87(76)109-89-51-23-17-45-79(89)83-59-61-85-81-47-20-26-54-92(81)112(95(85)93(83)109)102-107-99(70-35-11-4-12-36-70)104-100(108-102)74-40-28-38-72(64-74)71-37-27-39-73(63-71)75-41-13-14-43-77(75)78-44-16-22-50-88(78)110-90-52-24-18-46-80(90)84-60-62-86-82-48-19-25-53-91(82)111(96(86)94(84)110)101-105-97(68-31-7-2-8-32-68)103-98(106-101)69-33-9-3-10-34-69/h1-64H. The van der Waals surface area contributed by atoms with E-state index < -0.39 is 0 Å². The molecule has 22 rings (SSSR count). The molecule has 22 aromatic rings. The lowest BCUT2D eigenvalue weighted by atomic mass is 9.91. The smallest absolute Gasteiger partial charge is 0.238 e. The highest BCUT2D eigenvalue weighted by molar-refractivity contribution is 6.26. The van der Waals surface area contributed by atoms with Crippen LogP contribution in [-0.2, 0) is 0 Å². The van der Waals surface area contributed by atoms with E-state index in [9.17, 15) is 0 Å². The zero-order chi connectivity index (χ0) is 73.7. The average Bonchev–Trinajstić information content (AvgIpc) is 1.55. The van der Waals surface area contributed by atoms with Gasteiger partial charge in [0.1, 0.15) is 0 Å². The molecule has 0 unspecified atom stereocenters. The Hall–Kier alpha value is -15.3. The molecule has 0 saturated heterocycles. The van der Waals surface area contributed by atoms with Crippen molar-refractivity contribution in [3.8, 4) is 124 Å². The highest BCUT2D eigenvalue weighted by atomic mass is 15.2. The predicted octanol–water partition coefficient (Wildman–Crippen LogP) is 25.4. The molecule has 6 heterocycles. The van der Waals surface area contributed by atoms with Crippen molar-refractivity contribution in [3.05, 3.63) is 388 Å². The fourth-order valence-electron chi connectivity index (χ4n) is 17.1. The third-order valence-electron chi connectivity index (χ3n) is 22.1. The van der Waals surface area contributed by atoms with Gasteiger partial charge in [0, 0.05) is 76.5 Å². The van der Waals surface area contributed by atoms with Crippen LogP contribution in [0.2, 0.25) is 0 Å². The number of rotatable bonds is 13. The lowest BCUT2D eigenvalue weighted by Gasteiger charge is -2.18. The Balaban J connectivity index is 0.688. The zero-order valence-corrected chi connectivity index (χ0v) is 60.4. The molecule has 0 amide bonds. The minimum atomic E-state index is 0.513. The molecule has 112 heavy (non-hydrogen) atoms. The molecule has 0 aliphatic carbocycles. The lowest BCUT2D eigenvalue weighted by Crippen LogP contribution is -2.07. The predicted molar refractivity (Wildman–Crippen MR) is 459 cm³/mol. The summed E-state index contributed by atoms with van der Waals surface area (Å²) < 4.78 is 9.48. The topological polar surface area (TPSA) is 97.1 Å². The van der Waals surface area contributed by atoms with E-state index in [-0.39, 0.29) is 0 Å². The number of fused-ring (bicyclic) bond motifs is 14. The van der Waals surface area contributed by atoms with Gasteiger partial charge in [-0.15, -0.1) is 0 Å². The van der Waals surface area contributed by atoms with Crippen LogP contribution in [0, 0.1) is 0 Å². The summed E-state index contributed by atoms with van der Waals surface area (Å²) in [6.07, 6.45) is 0. The van der Waals surface area contributed by atoms with Crippen LogP contribution >= 0.6 is 0 Å². The van der Waals surface area contributed by atoms with Crippen molar-refractivity contribution in [1.82, 2.24) is 48.2 Å². The van der Waals surface area contributed by atoms with E-state index in [0.717, 1.165) is 165 Å². The third-order valence-corrected chi connectivity index (χ3v) is 22.1. The van der Waals surface area contributed by atoms with E-state index in [0.29, 0.717) is 35.2 Å². The van der Waals surface area contributed by atoms with Crippen molar-refractivity contribution in [1.29, 1.82) is 0 Å². The highest BCUT2D eigenvalue weighted by Crippen LogP contribution is 2.48. The first-order valence-corrected chi connectivity index (χ1v) is 37.8. The van der Waals surface area contributed by atoms with Crippen molar-refractivity contribution in [2.45, 2.75) is 0 Å². The Morgan fingerprint density at radius 2 is 0.438 bits per heavy atom. The summed E-state index contributed by atoms with van der Waals surface area (Å²) in [5, 5.41) is 8.90. The van der Waals surface area contributed by atoms with Crippen LogP contribution in [0.5, 0.6) is 0 Å². The Bertz CT molecular complexity index is 7430. The summed E-state index contributed by atoms with van der Waals surface area (Å²) in [4.78, 5) is 32.5. The van der Waals surface area contributed by atoms with Gasteiger partial charge in [0.15, 0.2) is 23.3 Å². The van der Waals surface area contributed by atoms with Crippen LogP contribution in [0.4, 0.5) is 0 Å². The molecule has 0 aliphatic rings. The molecular formula is C102H64N10. The van der Waals surface area contributed by atoms with Gasteiger partial charge in [0.25, 0.3) is 0 Å². The first-order chi connectivity index (χ1) is 55.6. The molecule has 522 valence electrons. The van der Waals surface area contributed by atoms with Crippen LogP contribution in [0.15, 0.2) is 388 Å². The third kappa shape index (κ3) is 10.5. The Labute approximate surface area is 644 Å². The van der Waals surface area contributed by atoms with Crippen molar-refractivity contribution >= 4 is 87.2 Å². The number of para-hydroxylation sites is 6. The number of benzene rings is 16. The molecule has 0 atom stereocenters. The maximum absolute atomic E-state index is 5.64. The van der Waals surface area contributed by atoms with Crippen LogP contribution in [-0.4, -0.2) is 48.2 Å².